The van der Waals surface area contributed by atoms with Crippen molar-refractivity contribution in [3.63, 3.8) is 0 Å². The number of benzene rings is 2. The van der Waals surface area contributed by atoms with Crippen LogP contribution in [0.1, 0.15) is 18.4 Å². The number of amides is 1. The first-order valence-electron chi connectivity index (χ1n) is 8.14. The van der Waals surface area contributed by atoms with E-state index in [-0.39, 0.29) is 11.8 Å². The summed E-state index contributed by atoms with van der Waals surface area (Å²) in [5.41, 5.74) is 2.06. The number of hydrogen-bond donors (Lipinski definition) is 1. The van der Waals surface area contributed by atoms with E-state index in [2.05, 4.69) is 32.2 Å². The highest BCUT2D eigenvalue weighted by Crippen LogP contribution is 2.25. The lowest BCUT2D eigenvalue weighted by atomic mass is 9.95. The molecule has 1 fully saturated rings. The van der Waals surface area contributed by atoms with Gasteiger partial charge in [0.15, 0.2) is 0 Å². The van der Waals surface area contributed by atoms with Crippen LogP contribution in [-0.4, -0.2) is 23.9 Å². The van der Waals surface area contributed by atoms with Crippen molar-refractivity contribution in [1.29, 1.82) is 0 Å². The van der Waals surface area contributed by atoms with Crippen LogP contribution in [-0.2, 0) is 11.3 Å². The van der Waals surface area contributed by atoms with Crippen molar-refractivity contribution in [2.45, 2.75) is 19.4 Å². The maximum atomic E-state index is 12.5. The molecule has 1 amide bonds. The van der Waals surface area contributed by atoms with Gasteiger partial charge in [0, 0.05) is 22.0 Å². The first-order valence-corrected chi connectivity index (χ1v) is 9.31. The molecule has 1 N–H and O–H groups in total. The zero-order valence-corrected chi connectivity index (χ0v) is 15.7. The van der Waals surface area contributed by atoms with Crippen LogP contribution in [0.5, 0.6) is 0 Å². The maximum absolute atomic E-state index is 12.5. The van der Waals surface area contributed by atoms with Crippen LogP contribution < -0.4 is 5.32 Å². The molecule has 1 saturated heterocycles. The maximum Gasteiger partial charge on any atom is 0.227 e. The van der Waals surface area contributed by atoms with Crippen LogP contribution in [0.4, 0.5) is 5.69 Å². The number of nitrogens with zero attached hydrogens (tertiary/aromatic N) is 1. The van der Waals surface area contributed by atoms with Crippen LogP contribution in [0.2, 0.25) is 5.02 Å². The topological polar surface area (TPSA) is 32.3 Å². The summed E-state index contributed by atoms with van der Waals surface area (Å²) in [7, 11) is 0. The average Bonchev–Trinajstić information content (AvgIpc) is 2.57. The molecule has 0 saturated carbocycles. The Labute approximate surface area is 156 Å². The Kier molecular flexibility index (Phi) is 5.93. The minimum Gasteiger partial charge on any atom is -0.325 e. The molecule has 5 heteroatoms. The zero-order valence-electron chi connectivity index (χ0n) is 13.3. The van der Waals surface area contributed by atoms with E-state index in [1.54, 1.807) is 0 Å². The molecule has 2 aromatic carbocycles. The summed E-state index contributed by atoms with van der Waals surface area (Å²) in [6.07, 6.45) is 1.77. The Morgan fingerprint density at radius 3 is 2.62 bits per heavy atom. The number of rotatable bonds is 4. The highest BCUT2D eigenvalue weighted by molar-refractivity contribution is 9.10. The van der Waals surface area contributed by atoms with Crippen LogP contribution in [0, 0.1) is 5.92 Å². The first kappa shape index (κ1) is 17.5. The van der Waals surface area contributed by atoms with E-state index >= 15 is 0 Å². The Bertz CT molecular complexity index is 714. The third kappa shape index (κ3) is 4.59. The molecule has 0 aliphatic carbocycles. The van der Waals surface area contributed by atoms with E-state index in [4.69, 9.17) is 11.6 Å². The van der Waals surface area contributed by atoms with Crippen LogP contribution in [0.3, 0.4) is 0 Å². The van der Waals surface area contributed by atoms with E-state index in [9.17, 15) is 4.79 Å². The summed E-state index contributed by atoms with van der Waals surface area (Å²) < 4.78 is 0.914. The molecule has 0 bridgehead atoms. The second kappa shape index (κ2) is 8.15. The van der Waals surface area contributed by atoms with Gasteiger partial charge in [-0.05, 0) is 71.7 Å². The van der Waals surface area contributed by atoms with E-state index < -0.39 is 0 Å². The van der Waals surface area contributed by atoms with Gasteiger partial charge in [-0.2, -0.15) is 0 Å². The molecule has 3 rings (SSSR count). The molecule has 3 nitrogen and oxygen atoms in total. The van der Waals surface area contributed by atoms with Gasteiger partial charge in [-0.3, -0.25) is 9.69 Å². The number of carbonyl (C=O) groups is 1. The molecule has 0 atom stereocenters. The van der Waals surface area contributed by atoms with Gasteiger partial charge in [-0.1, -0.05) is 35.9 Å². The van der Waals surface area contributed by atoms with Gasteiger partial charge in [0.05, 0.1) is 5.69 Å². The Hall–Kier alpha value is -1.36. The fourth-order valence-corrected chi connectivity index (χ4v) is 3.64. The van der Waals surface area contributed by atoms with E-state index in [1.807, 2.05) is 42.5 Å². The molecular weight excluding hydrogens is 388 g/mol. The summed E-state index contributed by atoms with van der Waals surface area (Å²) in [5, 5.41) is 3.80. The largest absolute Gasteiger partial charge is 0.325 e. The van der Waals surface area contributed by atoms with Crippen molar-refractivity contribution in [1.82, 2.24) is 4.90 Å². The lowest BCUT2D eigenvalue weighted by molar-refractivity contribution is -0.121. The highest BCUT2D eigenvalue weighted by atomic mass is 79.9. The molecule has 1 aliphatic rings. The fraction of sp³-hybridized carbons (Fsp3) is 0.316. The zero-order chi connectivity index (χ0) is 16.9. The molecule has 0 radical (unpaired) electrons. The van der Waals surface area contributed by atoms with Crippen molar-refractivity contribution >= 4 is 39.1 Å². The van der Waals surface area contributed by atoms with Gasteiger partial charge < -0.3 is 5.32 Å². The summed E-state index contributed by atoms with van der Waals surface area (Å²) >= 11 is 9.51. The number of likely N-dealkylation sites (tertiary alicyclic amines) is 1. The molecular formula is C19H20BrClN2O. The van der Waals surface area contributed by atoms with Gasteiger partial charge in [-0.15, -0.1) is 0 Å². The monoisotopic (exact) mass is 406 g/mol. The quantitative estimate of drug-likeness (QED) is 0.777. The summed E-state index contributed by atoms with van der Waals surface area (Å²) in [5.74, 6) is 0.192. The highest BCUT2D eigenvalue weighted by Gasteiger charge is 2.25. The van der Waals surface area contributed by atoms with Gasteiger partial charge >= 0.3 is 0 Å². The van der Waals surface area contributed by atoms with Crippen molar-refractivity contribution in [3.05, 3.63) is 63.6 Å². The van der Waals surface area contributed by atoms with Gasteiger partial charge in [-0.25, -0.2) is 0 Å². The fourth-order valence-electron chi connectivity index (χ4n) is 3.04. The number of halogens is 2. The molecule has 0 aromatic heterocycles. The SMILES string of the molecule is O=C(Nc1ccccc1Br)C1CCN(Cc2cccc(Cl)c2)CC1. The summed E-state index contributed by atoms with van der Waals surface area (Å²) in [6.45, 7) is 2.75. The molecule has 126 valence electrons. The lowest BCUT2D eigenvalue weighted by Crippen LogP contribution is -2.37. The summed E-state index contributed by atoms with van der Waals surface area (Å²) in [4.78, 5) is 14.8. The lowest BCUT2D eigenvalue weighted by Gasteiger charge is -2.31. The Morgan fingerprint density at radius 2 is 1.92 bits per heavy atom. The normalized spacial score (nSPS) is 16.1. The van der Waals surface area contributed by atoms with Gasteiger partial charge in [0.2, 0.25) is 5.91 Å². The van der Waals surface area contributed by atoms with Crippen LogP contribution >= 0.6 is 27.5 Å². The third-order valence-corrected chi connectivity index (χ3v) is 5.31. The number of piperidine rings is 1. The van der Waals surface area contributed by atoms with E-state index in [0.717, 1.165) is 47.7 Å². The first-order chi connectivity index (χ1) is 11.6. The number of hydrogen-bond acceptors (Lipinski definition) is 2. The van der Waals surface area contributed by atoms with Gasteiger partial charge in [0.25, 0.3) is 0 Å². The molecule has 0 unspecified atom stereocenters. The van der Waals surface area contributed by atoms with Crippen molar-refractivity contribution in [2.75, 3.05) is 18.4 Å². The number of para-hydroxylation sites is 1. The minimum absolute atomic E-state index is 0.0766. The number of nitrogens with one attached hydrogen (secondary N) is 1. The third-order valence-electron chi connectivity index (χ3n) is 4.39. The smallest absolute Gasteiger partial charge is 0.227 e. The average molecular weight is 408 g/mol. The second-order valence-electron chi connectivity index (χ2n) is 6.15. The van der Waals surface area contributed by atoms with Crippen molar-refractivity contribution in [2.24, 2.45) is 5.92 Å². The molecule has 24 heavy (non-hydrogen) atoms. The molecule has 1 aliphatic heterocycles. The number of anilines is 1. The molecule has 0 spiro atoms. The molecule has 1 heterocycles. The van der Waals surface area contributed by atoms with Gasteiger partial charge in [0.1, 0.15) is 0 Å². The van der Waals surface area contributed by atoms with Crippen LogP contribution in [0.15, 0.2) is 53.0 Å². The second-order valence-corrected chi connectivity index (χ2v) is 7.44. The Balaban J connectivity index is 1.51. The predicted molar refractivity (Wildman–Crippen MR) is 102 cm³/mol. The van der Waals surface area contributed by atoms with Crippen molar-refractivity contribution in [3.8, 4) is 0 Å². The standard InChI is InChI=1S/C19H20BrClN2O/c20-17-6-1-2-7-18(17)22-19(24)15-8-10-23(11-9-15)13-14-4-3-5-16(21)12-14/h1-7,12,15H,8-11,13H2,(H,22,24). The van der Waals surface area contributed by atoms with Crippen LogP contribution in [0.25, 0.3) is 0 Å². The summed E-state index contributed by atoms with van der Waals surface area (Å²) in [6, 6.07) is 15.7. The van der Waals surface area contributed by atoms with E-state index in [1.165, 1.54) is 5.56 Å². The molecule has 2 aromatic rings. The Morgan fingerprint density at radius 1 is 1.17 bits per heavy atom. The minimum atomic E-state index is 0.0766. The number of carbonyl (C=O) groups excluding carboxylic acids is 1. The van der Waals surface area contributed by atoms with E-state index in [0.29, 0.717) is 0 Å². The van der Waals surface area contributed by atoms with Crippen molar-refractivity contribution < 1.29 is 4.79 Å². The predicted octanol–water partition coefficient (Wildman–Crippen LogP) is 4.95.